The van der Waals surface area contributed by atoms with E-state index >= 15 is 0 Å². The SMILES string of the molecule is CCCCCCc1cccc(O)c1-c1ccccc1. The molecule has 100 valence electrons. The van der Waals surface area contributed by atoms with Gasteiger partial charge < -0.3 is 5.11 Å². The summed E-state index contributed by atoms with van der Waals surface area (Å²) >= 11 is 0. The quantitative estimate of drug-likeness (QED) is 0.704. The molecule has 1 N–H and O–H groups in total. The van der Waals surface area contributed by atoms with Gasteiger partial charge in [0, 0.05) is 5.56 Å². The Morgan fingerprint density at radius 1 is 0.842 bits per heavy atom. The first-order chi connectivity index (χ1) is 9.33. The van der Waals surface area contributed by atoms with Crippen molar-refractivity contribution in [3.05, 3.63) is 54.1 Å². The fraction of sp³-hybridized carbons (Fsp3) is 0.333. The highest BCUT2D eigenvalue weighted by Gasteiger charge is 2.09. The van der Waals surface area contributed by atoms with Crippen LogP contribution in [0.4, 0.5) is 0 Å². The van der Waals surface area contributed by atoms with Crippen LogP contribution < -0.4 is 0 Å². The van der Waals surface area contributed by atoms with Crippen molar-refractivity contribution in [2.45, 2.75) is 39.0 Å². The number of aromatic hydroxyl groups is 1. The molecule has 0 bridgehead atoms. The topological polar surface area (TPSA) is 20.2 Å². The van der Waals surface area contributed by atoms with Crippen LogP contribution in [0.15, 0.2) is 48.5 Å². The molecule has 19 heavy (non-hydrogen) atoms. The molecule has 0 aliphatic heterocycles. The van der Waals surface area contributed by atoms with Gasteiger partial charge in [0.1, 0.15) is 5.75 Å². The molecular formula is C18H22O. The van der Waals surface area contributed by atoms with Gasteiger partial charge in [-0.05, 0) is 30.0 Å². The van der Waals surface area contributed by atoms with Crippen molar-refractivity contribution in [2.75, 3.05) is 0 Å². The molecule has 0 fully saturated rings. The van der Waals surface area contributed by atoms with E-state index in [1.54, 1.807) is 6.07 Å². The average molecular weight is 254 g/mol. The van der Waals surface area contributed by atoms with Gasteiger partial charge in [-0.25, -0.2) is 0 Å². The molecule has 0 aromatic heterocycles. The lowest BCUT2D eigenvalue weighted by molar-refractivity contribution is 0.476. The zero-order valence-corrected chi connectivity index (χ0v) is 11.6. The number of hydrogen-bond acceptors (Lipinski definition) is 1. The number of unbranched alkanes of at least 4 members (excludes halogenated alkanes) is 3. The van der Waals surface area contributed by atoms with Gasteiger partial charge in [0.05, 0.1) is 0 Å². The summed E-state index contributed by atoms with van der Waals surface area (Å²) in [6.45, 7) is 2.23. The summed E-state index contributed by atoms with van der Waals surface area (Å²) < 4.78 is 0. The monoisotopic (exact) mass is 254 g/mol. The van der Waals surface area contributed by atoms with Crippen LogP contribution >= 0.6 is 0 Å². The molecule has 0 radical (unpaired) electrons. The van der Waals surface area contributed by atoms with E-state index in [2.05, 4.69) is 25.1 Å². The van der Waals surface area contributed by atoms with Crippen LogP contribution in [0.5, 0.6) is 5.75 Å². The van der Waals surface area contributed by atoms with Crippen molar-refractivity contribution in [3.63, 3.8) is 0 Å². The van der Waals surface area contributed by atoms with Crippen molar-refractivity contribution >= 4 is 0 Å². The van der Waals surface area contributed by atoms with Crippen molar-refractivity contribution < 1.29 is 5.11 Å². The number of benzene rings is 2. The van der Waals surface area contributed by atoms with Gasteiger partial charge >= 0.3 is 0 Å². The van der Waals surface area contributed by atoms with Gasteiger partial charge in [0.25, 0.3) is 0 Å². The number of rotatable bonds is 6. The molecule has 0 saturated carbocycles. The van der Waals surface area contributed by atoms with E-state index in [0.717, 1.165) is 17.5 Å². The van der Waals surface area contributed by atoms with Crippen LogP contribution in [0.2, 0.25) is 0 Å². The fourth-order valence-corrected chi connectivity index (χ4v) is 2.48. The molecule has 0 aliphatic rings. The van der Waals surface area contributed by atoms with Crippen LogP contribution in [0.3, 0.4) is 0 Å². The van der Waals surface area contributed by atoms with Crippen molar-refractivity contribution in [2.24, 2.45) is 0 Å². The standard InChI is InChI=1S/C18H22O/c1-2-3-4-6-10-16-13-9-14-17(19)18(16)15-11-7-5-8-12-15/h5,7-9,11-14,19H,2-4,6,10H2,1H3. The Hall–Kier alpha value is -1.76. The summed E-state index contributed by atoms with van der Waals surface area (Å²) in [5, 5.41) is 10.1. The minimum absolute atomic E-state index is 0.388. The third-order valence-corrected chi connectivity index (χ3v) is 3.49. The third kappa shape index (κ3) is 3.60. The van der Waals surface area contributed by atoms with E-state index in [1.165, 1.54) is 31.2 Å². The molecule has 0 saturated heterocycles. The zero-order valence-electron chi connectivity index (χ0n) is 11.6. The van der Waals surface area contributed by atoms with Gasteiger partial charge in [-0.3, -0.25) is 0 Å². The van der Waals surface area contributed by atoms with E-state index < -0.39 is 0 Å². The van der Waals surface area contributed by atoms with Gasteiger partial charge in [0.2, 0.25) is 0 Å². The third-order valence-electron chi connectivity index (χ3n) is 3.49. The summed E-state index contributed by atoms with van der Waals surface area (Å²) in [5.74, 6) is 0.388. The van der Waals surface area contributed by atoms with Crippen molar-refractivity contribution in [1.82, 2.24) is 0 Å². The second kappa shape index (κ2) is 6.98. The number of phenolic OH excluding ortho intramolecular Hbond substituents is 1. The smallest absolute Gasteiger partial charge is 0.123 e. The van der Waals surface area contributed by atoms with E-state index in [4.69, 9.17) is 0 Å². The van der Waals surface area contributed by atoms with E-state index in [1.807, 2.05) is 24.3 Å². The predicted octanol–water partition coefficient (Wildman–Crippen LogP) is 5.18. The first kappa shape index (κ1) is 13.7. The van der Waals surface area contributed by atoms with E-state index in [-0.39, 0.29) is 0 Å². The molecule has 0 amide bonds. The van der Waals surface area contributed by atoms with E-state index in [0.29, 0.717) is 5.75 Å². The number of phenols is 1. The maximum absolute atomic E-state index is 10.1. The predicted molar refractivity (Wildman–Crippen MR) is 81.4 cm³/mol. The average Bonchev–Trinajstić information content (AvgIpc) is 2.45. The van der Waals surface area contributed by atoms with Crippen molar-refractivity contribution in [1.29, 1.82) is 0 Å². The Balaban J connectivity index is 2.22. The maximum Gasteiger partial charge on any atom is 0.123 e. The molecule has 0 unspecified atom stereocenters. The fourth-order valence-electron chi connectivity index (χ4n) is 2.48. The van der Waals surface area contributed by atoms with Crippen LogP contribution in [0.25, 0.3) is 11.1 Å². The van der Waals surface area contributed by atoms with Gasteiger partial charge in [0.15, 0.2) is 0 Å². The highest BCUT2D eigenvalue weighted by atomic mass is 16.3. The van der Waals surface area contributed by atoms with Gasteiger partial charge in [-0.2, -0.15) is 0 Å². The Kier molecular flexibility index (Phi) is 5.02. The van der Waals surface area contributed by atoms with Crippen LogP contribution in [0.1, 0.15) is 38.2 Å². The number of hydrogen-bond donors (Lipinski definition) is 1. The molecule has 0 atom stereocenters. The minimum atomic E-state index is 0.388. The number of aryl methyl sites for hydroxylation is 1. The van der Waals surface area contributed by atoms with Crippen molar-refractivity contribution in [3.8, 4) is 16.9 Å². The molecule has 2 aromatic carbocycles. The summed E-state index contributed by atoms with van der Waals surface area (Å²) in [7, 11) is 0. The molecule has 0 aliphatic carbocycles. The van der Waals surface area contributed by atoms with Gasteiger partial charge in [-0.1, -0.05) is 68.7 Å². The first-order valence-corrected chi connectivity index (χ1v) is 7.19. The molecular weight excluding hydrogens is 232 g/mol. The Morgan fingerprint density at radius 3 is 2.37 bits per heavy atom. The minimum Gasteiger partial charge on any atom is -0.507 e. The summed E-state index contributed by atoms with van der Waals surface area (Å²) in [6.07, 6.45) is 6.04. The van der Waals surface area contributed by atoms with Crippen LogP contribution in [-0.4, -0.2) is 5.11 Å². The molecule has 0 heterocycles. The lowest BCUT2D eigenvalue weighted by atomic mass is 9.95. The van der Waals surface area contributed by atoms with Crippen LogP contribution in [0, 0.1) is 0 Å². The largest absolute Gasteiger partial charge is 0.507 e. The normalized spacial score (nSPS) is 10.6. The summed E-state index contributed by atoms with van der Waals surface area (Å²) in [4.78, 5) is 0. The second-order valence-electron chi connectivity index (χ2n) is 4.99. The van der Waals surface area contributed by atoms with Gasteiger partial charge in [-0.15, -0.1) is 0 Å². The maximum atomic E-state index is 10.1. The zero-order chi connectivity index (χ0) is 13.5. The lowest BCUT2D eigenvalue weighted by Gasteiger charge is -2.11. The summed E-state index contributed by atoms with van der Waals surface area (Å²) in [5.41, 5.74) is 3.35. The van der Waals surface area contributed by atoms with E-state index in [9.17, 15) is 5.11 Å². The van der Waals surface area contributed by atoms with Crippen LogP contribution in [-0.2, 0) is 6.42 Å². The molecule has 0 spiro atoms. The second-order valence-corrected chi connectivity index (χ2v) is 4.99. The first-order valence-electron chi connectivity index (χ1n) is 7.19. The highest BCUT2D eigenvalue weighted by molar-refractivity contribution is 5.73. The highest BCUT2D eigenvalue weighted by Crippen LogP contribution is 2.33. The lowest BCUT2D eigenvalue weighted by Crippen LogP contribution is -1.91. The molecule has 2 aromatic rings. The Morgan fingerprint density at radius 2 is 1.63 bits per heavy atom. The molecule has 1 nitrogen and oxygen atoms in total. The molecule has 1 heteroatoms. The Labute approximate surface area is 115 Å². The molecule has 2 rings (SSSR count). The Bertz CT molecular complexity index is 502. The summed E-state index contributed by atoms with van der Waals surface area (Å²) in [6, 6.07) is 16.0.